The monoisotopic (exact) mass is 296 g/mol. The van der Waals surface area contributed by atoms with Crippen LogP contribution in [0.3, 0.4) is 0 Å². The number of hydrogen-bond acceptors (Lipinski definition) is 2. The molecule has 0 spiro atoms. The van der Waals surface area contributed by atoms with Crippen LogP contribution in [0, 0.1) is 6.92 Å². The number of hydrogen-bond donors (Lipinski definition) is 2. The highest BCUT2D eigenvalue weighted by molar-refractivity contribution is 5.96. The molecule has 2 aromatic carbocycles. The van der Waals surface area contributed by atoms with E-state index in [1.807, 2.05) is 56.3 Å². The number of aryl methyl sites for hydroxylation is 1. The van der Waals surface area contributed by atoms with Gasteiger partial charge < -0.3 is 10.6 Å². The van der Waals surface area contributed by atoms with Crippen LogP contribution in [-0.2, 0) is 4.79 Å². The van der Waals surface area contributed by atoms with E-state index in [2.05, 4.69) is 30.5 Å². The van der Waals surface area contributed by atoms with Crippen LogP contribution in [0.1, 0.15) is 37.8 Å². The first-order chi connectivity index (χ1) is 10.5. The summed E-state index contributed by atoms with van der Waals surface area (Å²) >= 11 is 0. The molecule has 1 atom stereocenters. The average molecular weight is 296 g/mol. The fraction of sp³-hybridized carbons (Fsp3) is 0.316. The van der Waals surface area contributed by atoms with Crippen molar-refractivity contribution >= 4 is 17.3 Å². The fourth-order valence-corrected chi connectivity index (χ4v) is 2.41. The van der Waals surface area contributed by atoms with Crippen LogP contribution < -0.4 is 10.6 Å². The summed E-state index contributed by atoms with van der Waals surface area (Å²) < 4.78 is 0. The van der Waals surface area contributed by atoms with Gasteiger partial charge in [-0.05, 0) is 49.1 Å². The Morgan fingerprint density at radius 3 is 2.41 bits per heavy atom. The minimum absolute atomic E-state index is 0.0328. The summed E-state index contributed by atoms with van der Waals surface area (Å²) in [6, 6.07) is 15.7. The Balaban J connectivity index is 2.06. The van der Waals surface area contributed by atoms with Crippen LogP contribution in [0.4, 0.5) is 11.4 Å². The topological polar surface area (TPSA) is 41.1 Å². The summed E-state index contributed by atoms with van der Waals surface area (Å²) in [5.41, 5.74) is 4.17. The van der Waals surface area contributed by atoms with Crippen LogP contribution in [0.15, 0.2) is 48.5 Å². The third-order valence-electron chi connectivity index (χ3n) is 3.64. The highest BCUT2D eigenvalue weighted by Crippen LogP contribution is 2.24. The van der Waals surface area contributed by atoms with Gasteiger partial charge in [-0.1, -0.05) is 44.2 Å². The van der Waals surface area contributed by atoms with E-state index in [4.69, 9.17) is 0 Å². The summed E-state index contributed by atoms with van der Waals surface area (Å²) in [6.45, 7) is 8.16. The van der Waals surface area contributed by atoms with Crippen LogP contribution >= 0.6 is 0 Å². The molecule has 0 aliphatic heterocycles. The summed E-state index contributed by atoms with van der Waals surface area (Å²) in [5.74, 6) is 0.339. The van der Waals surface area contributed by atoms with Gasteiger partial charge in [0.05, 0.1) is 0 Å². The summed E-state index contributed by atoms with van der Waals surface area (Å²) in [7, 11) is 0. The Morgan fingerprint density at radius 1 is 1.00 bits per heavy atom. The molecule has 22 heavy (non-hydrogen) atoms. The predicted molar refractivity (Wildman–Crippen MR) is 93.4 cm³/mol. The molecule has 2 aromatic rings. The molecule has 0 heterocycles. The molecular weight excluding hydrogens is 272 g/mol. The van der Waals surface area contributed by atoms with E-state index in [9.17, 15) is 4.79 Å². The number of amides is 1. The van der Waals surface area contributed by atoms with Gasteiger partial charge in [0.25, 0.3) is 0 Å². The molecule has 2 rings (SSSR count). The number of benzene rings is 2. The lowest BCUT2D eigenvalue weighted by molar-refractivity contribution is -0.116. The molecule has 0 radical (unpaired) electrons. The molecule has 0 bridgehead atoms. The molecule has 0 aliphatic rings. The zero-order valence-electron chi connectivity index (χ0n) is 13.7. The van der Waals surface area contributed by atoms with Crippen molar-refractivity contribution in [3.05, 3.63) is 59.7 Å². The van der Waals surface area contributed by atoms with Crippen LogP contribution in [0.2, 0.25) is 0 Å². The molecule has 0 saturated carbocycles. The molecule has 3 nitrogen and oxygen atoms in total. The number of anilines is 2. The Hall–Kier alpha value is -2.29. The van der Waals surface area contributed by atoms with Crippen LogP contribution in [0.25, 0.3) is 0 Å². The zero-order valence-corrected chi connectivity index (χ0v) is 13.7. The van der Waals surface area contributed by atoms with Crippen molar-refractivity contribution in [1.82, 2.24) is 0 Å². The molecule has 0 unspecified atom stereocenters. The van der Waals surface area contributed by atoms with E-state index in [-0.39, 0.29) is 11.9 Å². The highest BCUT2D eigenvalue weighted by Gasteiger charge is 2.15. The highest BCUT2D eigenvalue weighted by atomic mass is 16.2. The largest absolute Gasteiger partial charge is 0.374 e. The normalized spacial score (nSPS) is 12.0. The maximum Gasteiger partial charge on any atom is 0.246 e. The third-order valence-corrected chi connectivity index (χ3v) is 3.64. The molecule has 0 aliphatic carbocycles. The number of carbonyl (C=O) groups excluding carboxylic acids is 1. The minimum atomic E-state index is -0.304. The van der Waals surface area contributed by atoms with Crippen molar-refractivity contribution in [2.75, 3.05) is 10.6 Å². The minimum Gasteiger partial charge on any atom is -0.374 e. The molecule has 1 amide bonds. The second kappa shape index (κ2) is 7.12. The molecule has 0 fully saturated rings. The molecule has 3 heteroatoms. The van der Waals surface area contributed by atoms with Crippen molar-refractivity contribution in [1.29, 1.82) is 0 Å². The van der Waals surface area contributed by atoms with Gasteiger partial charge in [-0.3, -0.25) is 4.79 Å². The summed E-state index contributed by atoms with van der Waals surface area (Å²) in [4.78, 5) is 12.4. The fourth-order valence-electron chi connectivity index (χ4n) is 2.41. The van der Waals surface area contributed by atoms with Crippen molar-refractivity contribution in [2.24, 2.45) is 0 Å². The van der Waals surface area contributed by atoms with Gasteiger partial charge in [0.15, 0.2) is 0 Å². The van der Waals surface area contributed by atoms with E-state index in [1.165, 1.54) is 5.56 Å². The number of carbonyl (C=O) groups is 1. The third kappa shape index (κ3) is 4.10. The Morgan fingerprint density at radius 2 is 1.73 bits per heavy atom. The van der Waals surface area contributed by atoms with Crippen LogP contribution in [-0.4, -0.2) is 11.9 Å². The van der Waals surface area contributed by atoms with E-state index >= 15 is 0 Å². The van der Waals surface area contributed by atoms with Crippen molar-refractivity contribution in [3.63, 3.8) is 0 Å². The van der Waals surface area contributed by atoms with Gasteiger partial charge in [0.1, 0.15) is 6.04 Å². The van der Waals surface area contributed by atoms with Crippen LogP contribution in [0.5, 0.6) is 0 Å². The Bertz CT molecular complexity index is 649. The summed E-state index contributed by atoms with van der Waals surface area (Å²) in [5, 5.41) is 6.26. The first kappa shape index (κ1) is 16.1. The smallest absolute Gasteiger partial charge is 0.246 e. The standard InChI is InChI=1S/C19H24N2O/c1-13(2)17-10-5-6-11-18(17)21-19(22)15(4)20-16-9-7-8-14(3)12-16/h5-13,15,20H,1-4H3,(H,21,22)/t15-/m0/s1. The maximum atomic E-state index is 12.4. The second-order valence-electron chi connectivity index (χ2n) is 5.97. The number of rotatable bonds is 5. The summed E-state index contributed by atoms with van der Waals surface area (Å²) in [6.07, 6.45) is 0. The maximum absolute atomic E-state index is 12.4. The van der Waals surface area contributed by atoms with Crippen molar-refractivity contribution in [3.8, 4) is 0 Å². The van der Waals surface area contributed by atoms with Gasteiger partial charge in [0, 0.05) is 11.4 Å². The predicted octanol–water partition coefficient (Wildman–Crippen LogP) is 4.56. The lowest BCUT2D eigenvalue weighted by atomic mass is 10.0. The van der Waals surface area contributed by atoms with E-state index < -0.39 is 0 Å². The average Bonchev–Trinajstić information content (AvgIpc) is 2.47. The molecule has 2 N–H and O–H groups in total. The quantitative estimate of drug-likeness (QED) is 0.849. The molecule has 0 saturated heterocycles. The van der Waals surface area contributed by atoms with Gasteiger partial charge in [-0.15, -0.1) is 0 Å². The number of para-hydroxylation sites is 1. The van der Waals surface area contributed by atoms with Crippen molar-refractivity contribution < 1.29 is 4.79 Å². The molecule has 0 aromatic heterocycles. The van der Waals surface area contributed by atoms with E-state index in [0.29, 0.717) is 5.92 Å². The molecular formula is C19H24N2O. The van der Waals surface area contributed by atoms with E-state index in [0.717, 1.165) is 16.9 Å². The van der Waals surface area contributed by atoms with Gasteiger partial charge in [0.2, 0.25) is 5.91 Å². The number of nitrogens with one attached hydrogen (secondary N) is 2. The lowest BCUT2D eigenvalue weighted by Gasteiger charge is -2.18. The first-order valence-corrected chi connectivity index (χ1v) is 7.70. The zero-order chi connectivity index (χ0) is 16.1. The first-order valence-electron chi connectivity index (χ1n) is 7.70. The van der Waals surface area contributed by atoms with Gasteiger partial charge in [-0.25, -0.2) is 0 Å². The molecule has 116 valence electrons. The van der Waals surface area contributed by atoms with Crippen molar-refractivity contribution in [2.45, 2.75) is 39.7 Å². The second-order valence-corrected chi connectivity index (χ2v) is 5.97. The lowest BCUT2D eigenvalue weighted by Crippen LogP contribution is -2.32. The van der Waals surface area contributed by atoms with Gasteiger partial charge in [-0.2, -0.15) is 0 Å². The SMILES string of the molecule is Cc1cccc(N[C@@H](C)C(=O)Nc2ccccc2C(C)C)c1. The van der Waals surface area contributed by atoms with Gasteiger partial charge >= 0.3 is 0 Å². The Labute approximate surface area is 132 Å². The van der Waals surface area contributed by atoms with E-state index in [1.54, 1.807) is 0 Å². The Kier molecular flexibility index (Phi) is 5.21.